The predicted octanol–water partition coefficient (Wildman–Crippen LogP) is -1.49. The molecular weight excluding hydrogens is 514 g/mol. The number of rotatable bonds is 11. The minimum absolute atomic E-state index is 0.0613. The number of aromatic amines is 1. The molecule has 0 saturated carbocycles. The number of amides is 3. The van der Waals surface area contributed by atoms with Crippen molar-refractivity contribution in [2.24, 2.45) is 11.7 Å². The fourth-order valence-electron chi connectivity index (χ4n) is 4.20. The summed E-state index contributed by atoms with van der Waals surface area (Å²) in [4.78, 5) is 63.8. The predicted molar refractivity (Wildman–Crippen MR) is 136 cm³/mol. The van der Waals surface area contributed by atoms with Crippen molar-refractivity contribution in [3.8, 4) is 0 Å². The molecule has 0 aliphatic carbocycles. The third-order valence-corrected chi connectivity index (χ3v) is 6.12. The molecule has 6 atom stereocenters. The average Bonchev–Trinajstić information content (AvgIpc) is 3.18. The molecular formula is C25H33N5O9. The number of benzene rings is 1. The molecule has 0 spiro atoms. The summed E-state index contributed by atoms with van der Waals surface area (Å²) in [6, 6.07) is 7.79. The number of nitrogens with two attached hydrogens (primary N) is 1. The number of carbonyl (C=O) groups excluding carboxylic acids is 3. The van der Waals surface area contributed by atoms with E-state index in [1.54, 1.807) is 24.3 Å². The Labute approximate surface area is 223 Å². The molecule has 1 aliphatic heterocycles. The Bertz CT molecular complexity index is 1260. The van der Waals surface area contributed by atoms with Crippen LogP contribution in [0.4, 0.5) is 4.79 Å². The molecule has 1 aliphatic rings. The topological polar surface area (TPSA) is 215 Å². The quantitative estimate of drug-likeness (QED) is 0.193. The maximum atomic E-state index is 13.1. The highest BCUT2D eigenvalue weighted by Crippen LogP contribution is 2.30. The molecule has 1 aromatic heterocycles. The fraction of sp³-hybridized carbons (Fsp3) is 0.480. The monoisotopic (exact) mass is 547 g/mol. The van der Waals surface area contributed by atoms with Gasteiger partial charge in [0.1, 0.15) is 24.3 Å². The first kappa shape index (κ1) is 29.5. The standard InChI is InChI=1S/C25H33N5O9/c1-13(2)10-16(22(35)27-15(21(26)34)11-14-6-4-3-5-7-14)28-25(37)39-20-19(33)17(12-31)38-23(20)30-9-8-18(32)29-24(30)36/h3-9,13,15-17,19-20,23,31,33H,10-12H2,1-2H3,(H2,26,34)(H,27,35)(H,28,37)(H,29,32,36)/t15-,16-,17+,19+,20+,23+/m0/s1. The van der Waals surface area contributed by atoms with Crippen molar-refractivity contribution in [3.63, 3.8) is 0 Å². The number of alkyl carbamates (subject to hydrolysis) is 1. The SMILES string of the molecule is CC(C)C[C@H](NC(=O)O[C@@H]1[C@H](O)[C@@H](CO)O[C@H]1n1ccc(=O)[nH]c1=O)C(=O)N[C@@H](Cc1ccccc1)C(N)=O. The van der Waals surface area contributed by atoms with E-state index in [1.807, 2.05) is 24.9 Å². The van der Waals surface area contributed by atoms with Crippen LogP contribution >= 0.6 is 0 Å². The van der Waals surface area contributed by atoms with Crippen LogP contribution in [0.2, 0.25) is 0 Å². The van der Waals surface area contributed by atoms with Gasteiger partial charge < -0.3 is 36.1 Å². The van der Waals surface area contributed by atoms with Gasteiger partial charge in [-0.25, -0.2) is 9.59 Å². The van der Waals surface area contributed by atoms with Crippen molar-refractivity contribution >= 4 is 17.9 Å². The normalized spacial score (nSPS) is 22.2. The largest absolute Gasteiger partial charge is 0.438 e. The van der Waals surface area contributed by atoms with Gasteiger partial charge in [-0.15, -0.1) is 0 Å². The first-order chi connectivity index (χ1) is 18.5. The number of aromatic nitrogens is 2. The Balaban J connectivity index is 1.75. The fourth-order valence-corrected chi connectivity index (χ4v) is 4.20. The summed E-state index contributed by atoms with van der Waals surface area (Å²) in [5.41, 5.74) is 4.71. The van der Waals surface area contributed by atoms with Crippen LogP contribution in [0.25, 0.3) is 0 Å². The number of nitrogens with one attached hydrogen (secondary N) is 3. The molecule has 2 heterocycles. The van der Waals surface area contributed by atoms with Gasteiger partial charge in [-0.05, 0) is 17.9 Å². The molecule has 2 aromatic rings. The van der Waals surface area contributed by atoms with Crippen molar-refractivity contribution in [2.75, 3.05) is 6.61 Å². The highest BCUT2D eigenvalue weighted by molar-refractivity contribution is 5.90. The number of aliphatic hydroxyl groups excluding tert-OH is 2. The molecule has 14 nitrogen and oxygen atoms in total. The van der Waals surface area contributed by atoms with Crippen molar-refractivity contribution in [2.45, 2.75) is 63.3 Å². The Morgan fingerprint density at radius 3 is 2.41 bits per heavy atom. The Morgan fingerprint density at radius 1 is 1.13 bits per heavy atom. The van der Waals surface area contributed by atoms with Crippen LogP contribution in [0, 0.1) is 5.92 Å². The van der Waals surface area contributed by atoms with Gasteiger partial charge in [0.2, 0.25) is 11.8 Å². The van der Waals surface area contributed by atoms with Gasteiger partial charge in [0.15, 0.2) is 12.3 Å². The summed E-state index contributed by atoms with van der Waals surface area (Å²) < 4.78 is 11.8. The second kappa shape index (κ2) is 13.2. The van der Waals surface area contributed by atoms with Crippen LogP contribution in [0.5, 0.6) is 0 Å². The minimum Gasteiger partial charge on any atom is -0.438 e. The van der Waals surface area contributed by atoms with E-state index in [0.717, 1.165) is 22.4 Å². The van der Waals surface area contributed by atoms with Crippen molar-refractivity contribution in [3.05, 3.63) is 69.0 Å². The maximum Gasteiger partial charge on any atom is 0.408 e. The average molecular weight is 548 g/mol. The Morgan fingerprint density at radius 2 is 1.82 bits per heavy atom. The number of H-pyrrole nitrogens is 1. The van der Waals surface area contributed by atoms with E-state index in [1.165, 1.54) is 0 Å². The zero-order valence-corrected chi connectivity index (χ0v) is 21.5. The molecule has 3 rings (SSSR count). The summed E-state index contributed by atoms with van der Waals surface area (Å²) in [5.74, 6) is -1.49. The summed E-state index contributed by atoms with van der Waals surface area (Å²) in [6.45, 7) is 3.00. The molecule has 3 amide bonds. The first-order valence-electron chi connectivity index (χ1n) is 12.4. The maximum absolute atomic E-state index is 13.1. The summed E-state index contributed by atoms with van der Waals surface area (Å²) in [7, 11) is 0. The first-order valence-corrected chi connectivity index (χ1v) is 12.4. The van der Waals surface area contributed by atoms with Crippen LogP contribution in [0.3, 0.4) is 0 Å². The minimum atomic E-state index is -1.54. The molecule has 0 unspecified atom stereocenters. The molecule has 14 heteroatoms. The van der Waals surface area contributed by atoms with E-state index < -0.39 is 72.4 Å². The van der Waals surface area contributed by atoms with Crippen molar-refractivity contribution < 1.29 is 34.1 Å². The molecule has 39 heavy (non-hydrogen) atoms. The molecule has 0 bridgehead atoms. The van der Waals surface area contributed by atoms with Crippen LogP contribution in [0.1, 0.15) is 32.1 Å². The number of primary amides is 1. The highest BCUT2D eigenvalue weighted by Gasteiger charge is 2.47. The van der Waals surface area contributed by atoms with E-state index in [0.29, 0.717) is 0 Å². The van der Waals surface area contributed by atoms with E-state index in [-0.39, 0.29) is 18.8 Å². The van der Waals surface area contributed by atoms with E-state index in [4.69, 9.17) is 15.2 Å². The highest BCUT2D eigenvalue weighted by atomic mass is 16.6. The van der Waals surface area contributed by atoms with Crippen LogP contribution < -0.4 is 27.6 Å². The lowest BCUT2D eigenvalue weighted by atomic mass is 10.0. The van der Waals surface area contributed by atoms with E-state index >= 15 is 0 Å². The third kappa shape index (κ3) is 7.75. The van der Waals surface area contributed by atoms with Gasteiger partial charge in [0, 0.05) is 18.7 Å². The van der Waals surface area contributed by atoms with Crippen LogP contribution in [-0.4, -0.2) is 74.7 Å². The van der Waals surface area contributed by atoms with Crippen molar-refractivity contribution in [1.29, 1.82) is 0 Å². The molecule has 1 fully saturated rings. The second-order valence-electron chi connectivity index (χ2n) is 9.61. The third-order valence-electron chi connectivity index (χ3n) is 6.12. The zero-order valence-electron chi connectivity index (χ0n) is 21.5. The smallest absolute Gasteiger partial charge is 0.408 e. The molecule has 7 N–H and O–H groups in total. The van der Waals surface area contributed by atoms with Crippen LogP contribution in [0.15, 0.2) is 52.2 Å². The van der Waals surface area contributed by atoms with E-state index in [9.17, 15) is 34.2 Å². The lowest BCUT2D eigenvalue weighted by molar-refractivity contribution is -0.128. The van der Waals surface area contributed by atoms with E-state index in [2.05, 4.69) is 10.6 Å². The van der Waals surface area contributed by atoms with Gasteiger partial charge in [0.25, 0.3) is 5.56 Å². The van der Waals surface area contributed by atoms with Crippen molar-refractivity contribution in [1.82, 2.24) is 20.2 Å². The second-order valence-corrected chi connectivity index (χ2v) is 9.61. The molecule has 1 saturated heterocycles. The molecule has 212 valence electrons. The van der Waals surface area contributed by atoms with Gasteiger partial charge in [-0.2, -0.15) is 0 Å². The number of nitrogens with zero attached hydrogens (tertiary/aromatic N) is 1. The number of hydrogen-bond acceptors (Lipinski definition) is 9. The van der Waals surface area contributed by atoms with Gasteiger partial charge in [0.05, 0.1) is 6.61 Å². The number of carbonyl (C=O) groups is 3. The number of aliphatic hydroxyl groups is 2. The summed E-state index contributed by atoms with van der Waals surface area (Å²) >= 11 is 0. The zero-order chi connectivity index (χ0) is 28.7. The van der Waals surface area contributed by atoms with Crippen LogP contribution in [-0.2, 0) is 25.5 Å². The van der Waals surface area contributed by atoms with Gasteiger partial charge >= 0.3 is 11.8 Å². The number of ether oxygens (including phenoxy) is 2. The lowest BCUT2D eigenvalue weighted by Gasteiger charge is -2.25. The summed E-state index contributed by atoms with van der Waals surface area (Å²) in [6.07, 6.45) is -5.31. The molecule has 0 radical (unpaired) electrons. The number of hydrogen-bond donors (Lipinski definition) is 6. The Hall–Kier alpha value is -4.01. The summed E-state index contributed by atoms with van der Waals surface area (Å²) in [5, 5.41) is 25.1. The van der Waals surface area contributed by atoms with Gasteiger partial charge in [-0.3, -0.25) is 23.9 Å². The lowest BCUT2D eigenvalue weighted by Crippen LogP contribution is -2.54. The molecule has 1 aromatic carbocycles. The van der Waals surface area contributed by atoms with Gasteiger partial charge in [-0.1, -0.05) is 44.2 Å². The Kier molecular flexibility index (Phi) is 9.98.